The fourth-order valence-corrected chi connectivity index (χ4v) is 3.92. The van der Waals surface area contributed by atoms with Crippen molar-refractivity contribution in [3.05, 3.63) is 35.5 Å². The van der Waals surface area contributed by atoms with Crippen LogP contribution < -0.4 is 14.8 Å². The SMILES string of the molecule is Cc1cc(C(=O)NCCCN2CCOCC2)c2c(-c3ccc4c(c3)OCO4)noc2n1. The molecule has 2 aromatic heterocycles. The number of benzene rings is 1. The maximum absolute atomic E-state index is 13.0. The minimum absolute atomic E-state index is 0.164. The number of hydrogen-bond donors (Lipinski definition) is 1. The summed E-state index contributed by atoms with van der Waals surface area (Å²) >= 11 is 0. The largest absolute Gasteiger partial charge is 0.454 e. The smallest absolute Gasteiger partial charge is 0.259 e. The van der Waals surface area contributed by atoms with E-state index in [0.29, 0.717) is 46.1 Å². The van der Waals surface area contributed by atoms with Crippen molar-refractivity contribution in [2.24, 2.45) is 0 Å². The molecule has 1 amide bonds. The number of pyridine rings is 1. The lowest BCUT2D eigenvalue weighted by Gasteiger charge is -2.26. The zero-order valence-corrected chi connectivity index (χ0v) is 17.3. The van der Waals surface area contributed by atoms with Crippen molar-refractivity contribution in [3.63, 3.8) is 0 Å². The second-order valence-electron chi connectivity index (χ2n) is 7.65. The minimum atomic E-state index is -0.164. The van der Waals surface area contributed by atoms with E-state index >= 15 is 0 Å². The zero-order chi connectivity index (χ0) is 21.2. The van der Waals surface area contributed by atoms with Crippen LogP contribution in [0.3, 0.4) is 0 Å². The number of amides is 1. The Bertz CT molecular complexity index is 1110. The molecule has 9 heteroatoms. The highest BCUT2D eigenvalue weighted by Gasteiger charge is 2.23. The number of aryl methyl sites for hydroxylation is 1. The Morgan fingerprint density at radius 3 is 2.87 bits per heavy atom. The van der Waals surface area contributed by atoms with Gasteiger partial charge in [-0.05, 0) is 44.2 Å². The average Bonchev–Trinajstić information content (AvgIpc) is 3.43. The van der Waals surface area contributed by atoms with Crippen molar-refractivity contribution >= 4 is 17.0 Å². The fourth-order valence-electron chi connectivity index (χ4n) is 3.92. The molecule has 0 spiro atoms. The number of carbonyl (C=O) groups excluding carboxylic acids is 1. The van der Waals surface area contributed by atoms with E-state index < -0.39 is 0 Å². The summed E-state index contributed by atoms with van der Waals surface area (Å²) in [7, 11) is 0. The number of carbonyl (C=O) groups is 1. The normalized spacial score (nSPS) is 16.0. The van der Waals surface area contributed by atoms with Crippen molar-refractivity contribution in [1.82, 2.24) is 20.4 Å². The summed E-state index contributed by atoms with van der Waals surface area (Å²) in [5, 5.41) is 7.82. The van der Waals surface area contributed by atoms with Crippen molar-refractivity contribution in [2.75, 3.05) is 46.2 Å². The molecule has 4 heterocycles. The van der Waals surface area contributed by atoms with Crippen LogP contribution in [0.2, 0.25) is 0 Å². The lowest BCUT2D eigenvalue weighted by atomic mass is 10.0. The number of nitrogens with one attached hydrogen (secondary N) is 1. The molecule has 5 rings (SSSR count). The first-order chi connectivity index (χ1) is 15.2. The van der Waals surface area contributed by atoms with E-state index in [1.807, 2.05) is 25.1 Å². The number of rotatable bonds is 6. The van der Waals surface area contributed by atoms with Gasteiger partial charge >= 0.3 is 0 Å². The highest BCUT2D eigenvalue weighted by atomic mass is 16.7. The molecule has 0 bridgehead atoms. The van der Waals surface area contributed by atoms with Crippen molar-refractivity contribution < 1.29 is 23.5 Å². The van der Waals surface area contributed by atoms with Crippen LogP contribution in [-0.4, -0.2) is 67.1 Å². The Balaban J connectivity index is 1.36. The standard InChI is InChI=1S/C22H24N4O5/c1-14-11-16(21(27)23-5-2-6-26-7-9-28-10-8-26)19-20(25-31-22(19)24-14)15-3-4-17-18(12-15)30-13-29-17/h3-4,11-12H,2,5-10,13H2,1H3,(H,23,27). The molecule has 1 fully saturated rings. The molecular formula is C22H24N4O5. The summed E-state index contributed by atoms with van der Waals surface area (Å²) in [5.41, 5.74) is 2.86. The van der Waals surface area contributed by atoms with Crippen molar-refractivity contribution in [1.29, 1.82) is 0 Å². The van der Waals surface area contributed by atoms with Gasteiger partial charge < -0.3 is 24.1 Å². The molecule has 2 aliphatic heterocycles. The van der Waals surface area contributed by atoms with Gasteiger partial charge in [-0.2, -0.15) is 0 Å². The third-order valence-electron chi connectivity index (χ3n) is 5.51. The third kappa shape index (κ3) is 4.06. The maximum Gasteiger partial charge on any atom is 0.259 e. The monoisotopic (exact) mass is 424 g/mol. The van der Waals surface area contributed by atoms with Gasteiger partial charge in [0.05, 0.1) is 24.2 Å². The number of ether oxygens (including phenoxy) is 3. The van der Waals surface area contributed by atoms with Crippen LogP contribution in [0.15, 0.2) is 28.8 Å². The number of fused-ring (bicyclic) bond motifs is 2. The molecule has 162 valence electrons. The molecule has 0 radical (unpaired) electrons. The summed E-state index contributed by atoms with van der Waals surface area (Å²) in [6.07, 6.45) is 0.873. The highest BCUT2D eigenvalue weighted by molar-refractivity contribution is 6.09. The second-order valence-corrected chi connectivity index (χ2v) is 7.65. The number of morpholine rings is 1. The first kappa shape index (κ1) is 19.8. The Kier molecular flexibility index (Phi) is 5.44. The number of hydrogen-bond acceptors (Lipinski definition) is 8. The quantitative estimate of drug-likeness (QED) is 0.602. The lowest BCUT2D eigenvalue weighted by Crippen LogP contribution is -2.38. The third-order valence-corrected chi connectivity index (χ3v) is 5.51. The van der Waals surface area contributed by atoms with E-state index in [2.05, 4.69) is 20.4 Å². The lowest BCUT2D eigenvalue weighted by molar-refractivity contribution is 0.0374. The predicted octanol–water partition coefficient (Wildman–Crippen LogP) is 2.38. The average molecular weight is 424 g/mol. The first-order valence-corrected chi connectivity index (χ1v) is 10.4. The Hall–Kier alpha value is -3.17. The fraction of sp³-hybridized carbons (Fsp3) is 0.409. The summed E-state index contributed by atoms with van der Waals surface area (Å²) < 4.78 is 21.7. The molecule has 3 aromatic rings. The molecule has 9 nitrogen and oxygen atoms in total. The van der Waals surface area contributed by atoms with Crippen LogP contribution in [0, 0.1) is 6.92 Å². The van der Waals surface area contributed by atoms with E-state index in [0.717, 1.165) is 44.8 Å². The maximum atomic E-state index is 13.0. The zero-order valence-electron chi connectivity index (χ0n) is 17.3. The predicted molar refractivity (Wildman–Crippen MR) is 112 cm³/mol. The molecule has 0 atom stereocenters. The summed E-state index contributed by atoms with van der Waals surface area (Å²) in [4.78, 5) is 19.8. The van der Waals surface area contributed by atoms with Crippen molar-refractivity contribution in [2.45, 2.75) is 13.3 Å². The molecule has 2 aliphatic rings. The molecule has 31 heavy (non-hydrogen) atoms. The number of nitrogens with zero attached hydrogens (tertiary/aromatic N) is 3. The van der Waals surface area contributed by atoms with Gasteiger partial charge in [-0.25, -0.2) is 4.98 Å². The van der Waals surface area contributed by atoms with Crippen LogP contribution in [0.4, 0.5) is 0 Å². The highest BCUT2D eigenvalue weighted by Crippen LogP contribution is 2.38. The Morgan fingerprint density at radius 1 is 1.16 bits per heavy atom. The van der Waals surface area contributed by atoms with E-state index in [1.54, 1.807) is 6.07 Å². The second kappa shape index (κ2) is 8.52. The van der Waals surface area contributed by atoms with Crippen LogP contribution in [0.25, 0.3) is 22.4 Å². The Labute approximate surface area is 179 Å². The van der Waals surface area contributed by atoms with Gasteiger partial charge in [0.2, 0.25) is 6.79 Å². The van der Waals surface area contributed by atoms with Crippen LogP contribution in [-0.2, 0) is 4.74 Å². The van der Waals surface area contributed by atoms with Gasteiger partial charge in [0.25, 0.3) is 11.6 Å². The molecule has 0 saturated carbocycles. The van der Waals surface area contributed by atoms with E-state index in [1.165, 1.54) is 0 Å². The molecule has 1 N–H and O–H groups in total. The van der Waals surface area contributed by atoms with Crippen LogP contribution >= 0.6 is 0 Å². The van der Waals surface area contributed by atoms with Gasteiger partial charge in [0, 0.05) is 30.9 Å². The summed E-state index contributed by atoms with van der Waals surface area (Å²) in [5.74, 6) is 1.16. The summed E-state index contributed by atoms with van der Waals surface area (Å²) in [6.45, 7) is 6.98. The number of aromatic nitrogens is 2. The Morgan fingerprint density at radius 2 is 2.00 bits per heavy atom. The summed E-state index contributed by atoms with van der Waals surface area (Å²) in [6, 6.07) is 7.30. The van der Waals surface area contributed by atoms with E-state index in [4.69, 9.17) is 18.7 Å². The van der Waals surface area contributed by atoms with Gasteiger partial charge in [-0.15, -0.1) is 0 Å². The molecule has 1 saturated heterocycles. The molecule has 0 unspecified atom stereocenters. The van der Waals surface area contributed by atoms with Gasteiger partial charge in [-0.1, -0.05) is 5.16 Å². The van der Waals surface area contributed by atoms with Gasteiger partial charge in [0.15, 0.2) is 11.5 Å². The topological polar surface area (TPSA) is 99.0 Å². The van der Waals surface area contributed by atoms with E-state index in [9.17, 15) is 4.79 Å². The molecule has 0 aliphatic carbocycles. The van der Waals surface area contributed by atoms with Gasteiger partial charge in [0.1, 0.15) is 5.69 Å². The van der Waals surface area contributed by atoms with E-state index in [-0.39, 0.29) is 12.7 Å². The van der Waals surface area contributed by atoms with Crippen LogP contribution in [0.5, 0.6) is 11.5 Å². The minimum Gasteiger partial charge on any atom is -0.454 e. The first-order valence-electron chi connectivity index (χ1n) is 10.4. The molecule has 1 aromatic carbocycles. The van der Waals surface area contributed by atoms with Crippen LogP contribution in [0.1, 0.15) is 22.5 Å². The van der Waals surface area contributed by atoms with Crippen molar-refractivity contribution in [3.8, 4) is 22.8 Å². The van der Waals surface area contributed by atoms with Gasteiger partial charge in [-0.3, -0.25) is 9.69 Å². The molecular weight excluding hydrogens is 400 g/mol.